The number of hydrogen-bond donors (Lipinski definition) is 2. The predicted octanol–water partition coefficient (Wildman–Crippen LogP) is 3.81. The lowest BCUT2D eigenvalue weighted by atomic mass is 9.95. The third kappa shape index (κ3) is 2.10. The summed E-state index contributed by atoms with van der Waals surface area (Å²) in [7, 11) is 0. The maximum atomic E-state index is 6.21. The van der Waals surface area contributed by atoms with E-state index < -0.39 is 0 Å². The van der Waals surface area contributed by atoms with Gasteiger partial charge in [0.1, 0.15) is 11.6 Å². The molecule has 0 amide bonds. The van der Waals surface area contributed by atoms with Crippen LogP contribution in [0.2, 0.25) is 5.02 Å². The third-order valence-electron chi connectivity index (χ3n) is 3.75. The van der Waals surface area contributed by atoms with E-state index in [1.807, 2.05) is 30.3 Å². The molecule has 0 unspecified atom stereocenters. The molecule has 3 N–H and O–H groups in total. The zero-order valence-electron chi connectivity index (χ0n) is 11.6. The number of halogens is 1. The van der Waals surface area contributed by atoms with Crippen LogP contribution in [0.15, 0.2) is 41.0 Å². The third-order valence-corrected chi connectivity index (χ3v) is 4.08. The van der Waals surface area contributed by atoms with E-state index in [-0.39, 0.29) is 5.95 Å². The fourth-order valence-corrected chi connectivity index (χ4v) is 2.92. The molecule has 0 fully saturated rings. The van der Waals surface area contributed by atoms with Crippen molar-refractivity contribution >= 4 is 29.1 Å². The van der Waals surface area contributed by atoms with Gasteiger partial charge in [-0.25, -0.2) is 4.98 Å². The summed E-state index contributed by atoms with van der Waals surface area (Å²) in [6.45, 7) is 0. The molecule has 22 heavy (non-hydrogen) atoms. The van der Waals surface area contributed by atoms with Crippen molar-refractivity contribution in [1.82, 2.24) is 9.97 Å². The molecule has 5 nitrogen and oxygen atoms in total. The first-order valence-electron chi connectivity index (χ1n) is 6.97. The van der Waals surface area contributed by atoms with E-state index in [0.29, 0.717) is 10.8 Å². The van der Waals surface area contributed by atoms with Gasteiger partial charge < -0.3 is 15.5 Å². The summed E-state index contributed by atoms with van der Waals surface area (Å²) in [5.74, 6) is 1.86. The highest BCUT2D eigenvalue weighted by Crippen LogP contribution is 2.37. The van der Waals surface area contributed by atoms with Crippen LogP contribution in [0, 0.1) is 0 Å². The lowest BCUT2D eigenvalue weighted by Gasteiger charge is -2.19. The van der Waals surface area contributed by atoms with Crippen molar-refractivity contribution in [2.45, 2.75) is 12.8 Å². The van der Waals surface area contributed by atoms with Crippen molar-refractivity contribution < 1.29 is 4.42 Å². The first-order chi connectivity index (χ1) is 10.7. The number of para-hydroxylation sites is 1. The number of nitrogens with zero attached hydrogens (tertiary/aromatic N) is 2. The van der Waals surface area contributed by atoms with Crippen LogP contribution in [0.1, 0.15) is 11.3 Å². The van der Waals surface area contributed by atoms with Crippen LogP contribution >= 0.6 is 11.6 Å². The Morgan fingerprint density at radius 3 is 2.86 bits per heavy atom. The molecule has 2 heterocycles. The Bertz CT molecular complexity index is 859. The normalized spacial score (nSPS) is 12.6. The van der Waals surface area contributed by atoms with Gasteiger partial charge in [0, 0.05) is 17.5 Å². The van der Waals surface area contributed by atoms with Gasteiger partial charge in [-0.05, 0) is 24.6 Å². The molecule has 1 aromatic carbocycles. The molecule has 6 heteroatoms. The summed E-state index contributed by atoms with van der Waals surface area (Å²) in [5, 5.41) is 3.90. The Hall–Kier alpha value is -2.53. The lowest BCUT2D eigenvalue weighted by molar-refractivity contribution is 0.507. The van der Waals surface area contributed by atoms with Crippen LogP contribution in [0.5, 0.6) is 0 Å². The minimum absolute atomic E-state index is 0.224. The van der Waals surface area contributed by atoms with Gasteiger partial charge in [-0.15, -0.1) is 0 Å². The SMILES string of the molecule is Nc1nc(Nc2ccccc2Cl)c2c(n1)-c1ccoc1CC2. The van der Waals surface area contributed by atoms with Gasteiger partial charge in [-0.3, -0.25) is 0 Å². The van der Waals surface area contributed by atoms with E-state index in [9.17, 15) is 0 Å². The summed E-state index contributed by atoms with van der Waals surface area (Å²) < 4.78 is 5.49. The largest absolute Gasteiger partial charge is 0.469 e. The summed E-state index contributed by atoms with van der Waals surface area (Å²) in [6, 6.07) is 9.45. The molecule has 2 aromatic heterocycles. The average Bonchev–Trinajstić information content (AvgIpc) is 2.98. The van der Waals surface area contributed by atoms with Gasteiger partial charge >= 0.3 is 0 Å². The monoisotopic (exact) mass is 312 g/mol. The number of hydrogen-bond acceptors (Lipinski definition) is 5. The molecule has 0 spiro atoms. The summed E-state index contributed by atoms with van der Waals surface area (Å²) >= 11 is 6.21. The summed E-state index contributed by atoms with van der Waals surface area (Å²) in [4.78, 5) is 8.73. The van der Waals surface area contributed by atoms with Crippen LogP contribution in [0.4, 0.5) is 17.5 Å². The van der Waals surface area contributed by atoms with Crippen molar-refractivity contribution in [2.24, 2.45) is 0 Å². The number of benzene rings is 1. The van der Waals surface area contributed by atoms with E-state index in [0.717, 1.165) is 41.1 Å². The molecule has 1 aliphatic carbocycles. The predicted molar refractivity (Wildman–Crippen MR) is 86.3 cm³/mol. The van der Waals surface area contributed by atoms with Crippen molar-refractivity contribution in [3.8, 4) is 11.3 Å². The van der Waals surface area contributed by atoms with Crippen molar-refractivity contribution in [3.05, 3.63) is 52.9 Å². The number of rotatable bonds is 2. The maximum Gasteiger partial charge on any atom is 0.222 e. The van der Waals surface area contributed by atoms with Gasteiger partial charge in [0.15, 0.2) is 0 Å². The topological polar surface area (TPSA) is 77.0 Å². The van der Waals surface area contributed by atoms with E-state index in [2.05, 4.69) is 15.3 Å². The molecular formula is C16H13ClN4O. The molecule has 0 aliphatic heterocycles. The smallest absolute Gasteiger partial charge is 0.222 e. The number of fused-ring (bicyclic) bond motifs is 3. The highest BCUT2D eigenvalue weighted by Gasteiger charge is 2.24. The highest BCUT2D eigenvalue weighted by atomic mass is 35.5. The Balaban J connectivity index is 1.84. The van der Waals surface area contributed by atoms with E-state index in [1.54, 1.807) is 6.26 Å². The molecule has 4 rings (SSSR count). The second-order valence-corrected chi connectivity index (χ2v) is 5.53. The summed E-state index contributed by atoms with van der Waals surface area (Å²) in [5.41, 5.74) is 9.51. The van der Waals surface area contributed by atoms with E-state index in [1.165, 1.54) is 0 Å². The van der Waals surface area contributed by atoms with Crippen molar-refractivity contribution in [2.75, 3.05) is 11.1 Å². The zero-order valence-corrected chi connectivity index (χ0v) is 12.4. The first-order valence-corrected chi connectivity index (χ1v) is 7.35. The number of furan rings is 1. The molecule has 0 radical (unpaired) electrons. The molecule has 0 saturated carbocycles. The maximum absolute atomic E-state index is 6.21. The number of nitrogen functional groups attached to an aromatic ring is 1. The minimum atomic E-state index is 0.224. The molecule has 3 aromatic rings. The Labute approximate surface area is 132 Å². The molecule has 110 valence electrons. The first kappa shape index (κ1) is 13.2. The van der Waals surface area contributed by atoms with Gasteiger partial charge in [0.2, 0.25) is 5.95 Å². The summed E-state index contributed by atoms with van der Waals surface area (Å²) in [6.07, 6.45) is 3.29. The fraction of sp³-hybridized carbons (Fsp3) is 0.125. The fourth-order valence-electron chi connectivity index (χ4n) is 2.74. The van der Waals surface area contributed by atoms with Crippen LogP contribution < -0.4 is 11.1 Å². The number of aromatic nitrogens is 2. The Morgan fingerprint density at radius 2 is 2.00 bits per heavy atom. The zero-order chi connectivity index (χ0) is 15.1. The second kappa shape index (κ2) is 5.03. The molecule has 0 bridgehead atoms. The highest BCUT2D eigenvalue weighted by molar-refractivity contribution is 6.33. The van der Waals surface area contributed by atoms with Gasteiger partial charge in [0.05, 0.1) is 22.7 Å². The number of anilines is 3. The molecular weight excluding hydrogens is 300 g/mol. The number of nitrogens with one attached hydrogen (secondary N) is 1. The number of nitrogens with two attached hydrogens (primary N) is 1. The van der Waals surface area contributed by atoms with Crippen LogP contribution in [-0.4, -0.2) is 9.97 Å². The molecule has 1 aliphatic rings. The van der Waals surface area contributed by atoms with Crippen LogP contribution in [0.3, 0.4) is 0 Å². The van der Waals surface area contributed by atoms with Crippen molar-refractivity contribution in [3.63, 3.8) is 0 Å². The second-order valence-electron chi connectivity index (χ2n) is 5.12. The molecule has 0 saturated heterocycles. The van der Waals surface area contributed by atoms with E-state index in [4.69, 9.17) is 21.8 Å². The minimum Gasteiger partial charge on any atom is -0.469 e. The Morgan fingerprint density at radius 1 is 1.14 bits per heavy atom. The average molecular weight is 313 g/mol. The van der Waals surface area contributed by atoms with Crippen molar-refractivity contribution in [1.29, 1.82) is 0 Å². The lowest BCUT2D eigenvalue weighted by Crippen LogP contribution is -2.11. The van der Waals surface area contributed by atoms with Gasteiger partial charge in [0.25, 0.3) is 0 Å². The standard InChI is InChI=1S/C16H13ClN4O/c17-11-3-1-2-4-12(11)19-15-10-5-6-13-9(7-8-22-13)14(10)20-16(18)21-15/h1-4,7-8H,5-6H2,(H3,18,19,20,21). The van der Waals surface area contributed by atoms with E-state index >= 15 is 0 Å². The molecule has 0 atom stereocenters. The van der Waals surface area contributed by atoms with Crippen LogP contribution in [-0.2, 0) is 12.8 Å². The quantitative estimate of drug-likeness (QED) is 0.752. The van der Waals surface area contributed by atoms with Crippen LogP contribution in [0.25, 0.3) is 11.3 Å². The number of aryl methyl sites for hydroxylation is 1. The van der Waals surface area contributed by atoms with Gasteiger partial charge in [-0.2, -0.15) is 4.98 Å². The Kier molecular flexibility index (Phi) is 3.01. The van der Waals surface area contributed by atoms with Gasteiger partial charge in [-0.1, -0.05) is 23.7 Å².